The van der Waals surface area contributed by atoms with Gasteiger partial charge >= 0.3 is 0 Å². The van der Waals surface area contributed by atoms with Crippen molar-refractivity contribution in [2.45, 2.75) is 32.9 Å². The van der Waals surface area contributed by atoms with Crippen LogP contribution >= 0.6 is 0 Å². The smallest absolute Gasteiger partial charge is 0.278 e. The lowest BCUT2D eigenvalue weighted by molar-refractivity contribution is 0.305. The zero-order chi connectivity index (χ0) is 12.7. The molecule has 1 aliphatic heterocycles. The number of aromatic nitrogens is 2. The molecule has 0 unspecified atom stereocenters. The van der Waals surface area contributed by atoms with Crippen LogP contribution in [-0.2, 0) is 13.1 Å². The van der Waals surface area contributed by atoms with Gasteiger partial charge in [0.2, 0.25) is 5.88 Å². The van der Waals surface area contributed by atoms with Crippen LogP contribution in [0, 0.1) is 6.92 Å². The zero-order valence-electron chi connectivity index (χ0n) is 10.4. The Kier molecular flexibility index (Phi) is 2.51. The highest BCUT2D eigenvalue weighted by Crippen LogP contribution is 2.30. The molecule has 0 saturated heterocycles. The lowest BCUT2D eigenvalue weighted by atomic mass is 10.0. The highest BCUT2D eigenvalue weighted by Gasteiger charge is 2.23. The third-order valence-electron chi connectivity index (χ3n) is 3.61. The van der Waals surface area contributed by atoms with Crippen molar-refractivity contribution in [3.05, 3.63) is 40.2 Å². The van der Waals surface area contributed by atoms with Crippen LogP contribution < -0.4 is 5.56 Å². The molecule has 0 bridgehead atoms. The molecule has 4 nitrogen and oxygen atoms in total. The predicted octanol–water partition coefficient (Wildman–Crippen LogP) is 2.12. The second kappa shape index (κ2) is 4.05. The summed E-state index contributed by atoms with van der Waals surface area (Å²) in [6.45, 7) is 3.36. The fraction of sp³-hybridized carbons (Fsp3) is 0.357. The highest BCUT2D eigenvalue weighted by atomic mass is 16.3. The Hall–Kier alpha value is -1.97. The minimum atomic E-state index is -0.0819. The minimum absolute atomic E-state index is 0.0819. The molecule has 0 aliphatic carbocycles. The number of aryl methyl sites for hydroxylation is 1. The first-order valence-corrected chi connectivity index (χ1v) is 6.28. The van der Waals surface area contributed by atoms with E-state index in [9.17, 15) is 9.90 Å². The van der Waals surface area contributed by atoms with Crippen LogP contribution in [0.1, 0.15) is 18.4 Å². The lowest BCUT2D eigenvalue weighted by Gasteiger charge is -2.16. The molecule has 0 radical (unpaired) electrons. The molecule has 1 aliphatic rings. The molecule has 3 rings (SSSR count). The first-order chi connectivity index (χ1) is 8.70. The molecule has 1 aromatic heterocycles. The van der Waals surface area contributed by atoms with Crippen molar-refractivity contribution < 1.29 is 5.11 Å². The maximum Gasteiger partial charge on any atom is 0.278 e. The van der Waals surface area contributed by atoms with Crippen LogP contribution in [0.15, 0.2) is 29.1 Å². The fourth-order valence-electron chi connectivity index (χ4n) is 2.64. The van der Waals surface area contributed by atoms with E-state index in [1.54, 1.807) is 9.36 Å². The summed E-state index contributed by atoms with van der Waals surface area (Å²) in [5, 5.41) is 10.3. The van der Waals surface area contributed by atoms with Gasteiger partial charge in [-0.15, -0.1) is 0 Å². The number of aromatic hydroxyl groups is 1. The van der Waals surface area contributed by atoms with Crippen LogP contribution in [0.4, 0.5) is 0 Å². The van der Waals surface area contributed by atoms with Gasteiger partial charge in [-0.2, -0.15) is 0 Å². The van der Waals surface area contributed by atoms with E-state index >= 15 is 0 Å². The van der Waals surface area contributed by atoms with Gasteiger partial charge in [-0.25, -0.2) is 4.68 Å². The van der Waals surface area contributed by atoms with Gasteiger partial charge in [0, 0.05) is 13.1 Å². The third-order valence-corrected chi connectivity index (χ3v) is 3.61. The van der Waals surface area contributed by atoms with E-state index in [2.05, 4.69) is 0 Å². The van der Waals surface area contributed by atoms with Crippen molar-refractivity contribution in [3.8, 4) is 17.0 Å². The molecule has 0 fully saturated rings. The third kappa shape index (κ3) is 1.49. The normalized spacial score (nSPS) is 14.5. The summed E-state index contributed by atoms with van der Waals surface area (Å²) >= 11 is 0. The van der Waals surface area contributed by atoms with E-state index in [0.29, 0.717) is 18.7 Å². The summed E-state index contributed by atoms with van der Waals surface area (Å²) in [6.07, 6.45) is 2.01. The average Bonchev–Trinajstić information content (AvgIpc) is 2.64. The number of rotatable bonds is 1. The van der Waals surface area contributed by atoms with Crippen LogP contribution in [-0.4, -0.2) is 14.5 Å². The molecule has 18 heavy (non-hydrogen) atoms. The Balaban J connectivity index is 2.28. The number of hydrogen-bond acceptors (Lipinski definition) is 2. The predicted molar refractivity (Wildman–Crippen MR) is 69.8 cm³/mol. The van der Waals surface area contributed by atoms with Gasteiger partial charge in [0.25, 0.3) is 5.56 Å². The lowest BCUT2D eigenvalue weighted by Crippen LogP contribution is -2.27. The standard InChI is InChI=1S/C14H16N2O2/c1-10-6-2-3-7-11(10)12-13(17)15-8-4-5-9-16(15)14(12)18/h2-3,6-7,17H,4-5,8-9H2,1H3. The van der Waals surface area contributed by atoms with E-state index in [-0.39, 0.29) is 11.4 Å². The van der Waals surface area contributed by atoms with E-state index in [0.717, 1.165) is 24.0 Å². The van der Waals surface area contributed by atoms with Gasteiger partial charge in [-0.3, -0.25) is 9.48 Å². The number of hydrogen-bond donors (Lipinski definition) is 1. The summed E-state index contributed by atoms with van der Waals surface area (Å²) in [5.74, 6) is 0.106. The molecule has 0 amide bonds. The summed E-state index contributed by atoms with van der Waals surface area (Å²) in [6, 6.07) is 7.67. The van der Waals surface area contributed by atoms with Gasteiger partial charge in [-0.1, -0.05) is 24.3 Å². The van der Waals surface area contributed by atoms with Crippen molar-refractivity contribution in [1.82, 2.24) is 9.36 Å². The first-order valence-electron chi connectivity index (χ1n) is 6.28. The van der Waals surface area contributed by atoms with Gasteiger partial charge in [0.15, 0.2) is 0 Å². The van der Waals surface area contributed by atoms with Crippen molar-refractivity contribution in [2.75, 3.05) is 0 Å². The van der Waals surface area contributed by atoms with Gasteiger partial charge in [-0.05, 0) is 30.9 Å². The Morgan fingerprint density at radius 2 is 1.78 bits per heavy atom. The quantitative estimate of drug-likeness (QED) is 0.835. The molecular formula is C14H16N2O2. The molecule has 1 aromatic carbocycles. The van der Waals surface area contributed by atoms with Crippen LogP contribution in [0.25, 0.3) is 11.1 Å². The molecule has 0 spiro atoms. The number of benzene rings is 1. The Bertz CT molecular complexity index is 652. The van der Waals surface area contributed by atoms with Crippen LogP contribution in [0.5, 0.6) is 5.88 Å². The second-order valence-electron chi connectivity index (χ2n) is 4.77. The topological polar surface area (TPSA) is 47.2 Å². The summed E-state index contributed by atoms with van der Waals surface area (Å²) in [7, 11) is 0. The average molecular weight is 244 g/mol. The molecule has 2 heterocycles. The number of nitrogens with zero attached hydrogens (tertiary/aromatic N) is 2. The van der Waals surface area contributed by atoms with Crippen LogP contribution in [0.2, 0.25) is 0 Å². The monoisotopic (exact) mass is 244 g/mol. The summed E-state index contributed by atoms with van der Waals surface area (Å²) in [5.41, 5.74) is 2.19. The molecule has 94 valence electrons. The van der Waals surface area contributed by atoms with Crippen LogP contribution in [0.3, 0.4) is 0 Å². The maximum atomic E-state index is 12.4. The van der Waals surface area contributed by atoms with E-state index in [1.807, 2.05) is 31.2 Å². The molecule has 0 saturated carbocycles. The Morgan fingerprint density at radius 3 is 2.44 bits per heavy atom. The zero-order valence-corrected chi connectivity index (χ0v) is 10.4. The molecule has 2 aromatic rings. The van der Waals surface area contributed by atoms with E-state index in [1.165, 1.54) is 0 Å². The van der Waals surface area contributed by atoms with Crippen molar-refractivity contribution in [2.24, 2.45) is 0 Å². The first kappa shape index (κ1) is 11.1. The minimum Gasteiger partial charge on any atom is -0.493 e. The molecule has 0 atom stereocenters. The van der Waals surface area contributed by atoms with Crippen molar-refractivity contribution in [1.29, 1.82) is 0 Å². The fourth-order valence-corrected chi connectivity index (χ4v) is 2.64. The Morgan fingerprint density at radius 1 is 1.11 bits per heavy atom. The van der Waals surface area contributed by atoms with Gasteiger partial charge in [0.05, 0.1) is 0 Å². The van der Waals surface area contributed by atoms with E-state index in [4.69, 9.17) is 0 Å². The molecule has 4 heteroatoms. The van der Waals surface area contributed by atoms with Gasteiger partial charge in [0.1, 0.15) is 5.56 Å². The second-order valence-corrected chi connectivity index (χ2v) is 4.77. The molecular weight excluding hydrogens is 228 g/mol. The largest absolute Gasteiger partial charge is 0.493 e. The highest BCUT2D eigenvalue weighted by molar-refractivity contribution is 5.71. The van der Waals surface area contributed by atoms with Crippen molar-refractivity contribution >= 4 is 0 Å². The maximum absolute atomic E-state index is 12.4. The summed E-state index contributed by atoms with van der Waals surface area (Å²) < 4.78 is 3.36. The Labute approximate surface area is 105 Å². The number of fused-ring (bicyclic) bond motifs is 1. The van der Waals surface area contributed by atoms with Gasteiger partial charge < -0.3 is 5.11 Å². The van der Waals surface area contributed by atoms with Crippen molar-refractivity contribution in [3.63, 3.8) is 0 Å². The SMILES string of the molecule is Cc1ccccc1-c1c(O)n2n(c1=O)CCCC2. The molecule has 1 N–H and O–H groups in total. The summed E-state index contributed by atoms with van der Waals surface area (Å²) in [4.78, 5) is 12.4. The van der Waals surface area contributed by atoms with E-state index < -0.39 is 0 Å².